The molecule has 0 bridgehead atoms. The second kappa shape index (κ2) is 9.19. The molecule has 0 amide bonds. The molecule has 1 N–H and O–H groups in total. The molecule has 0 aromatic heterocycles. The Hall–Kier alpha value is -1.64. The molecule has 4 rings (SSSR count). The maximum absolute atomic E-state index is 13.7. The molecule has 2 aromatic rings. The average molecular weight is 493 g/mol. The van der Waals surface area contributed by atoms with Crippen molar-refractivity contribution >= 4 is 27.3 Å². The van der Waals surface area contributed by atoms with E-state index < -0.39 is 16.1 Å². The molecule has 2 fully saturated rings. The Morgan fingerprint density at radius 1 is 1.15 bits per heavy atom. The van der Waals surface area contributed by atoms with E-state index in [1.165, 1.54) is 10.4 Å². The number of sulfonamides is 1. The second-order valence-electron chi connectivity index (χ2n) is 10.1. The highest BCUT2D eigenvalue weighted by Crippen LogP contribution is 2.39. The highest BCUT2D eigenvalue weighted by molar-refractivity contribution is 7.92. The largest absolute Gasteiger partial charge is 0.387 e. The summed E-state index contributed by atoms with van der Waals surface area (Å²) in [4.78, 5) is 2.30. The Kier molecular flexibility index (Phi) is 6.82. The number of aliphatic hydroxyl groups excluding tert-OH is 1. The molecule has 1 spiro atoms. The number of β-amino-alcohol motifs (C(OH)–C–C–N with tert-alkyl or cyclic N) is 1. The summed E-state index contributed by atoms with van der Waals surface area (Å²) < 4.78 is 34.1. The van der Waals surface area contributed by atoms with Gasteiger partial charge in [-0.2, -0.15) is 0 Å². The van der Waals surface area contributed by atoms with Crippen LogP contribution in [0.15, 0.2) is 41.3 Å². The van der Waals surface area contributed by atoms with Gasteiger partial charge in [-0.05, 0) is 43.5 Å². The van der Waals surface area contributed by atoms with Gasteiger partial charge in [-0.1, -0.05) is 49.2 Å². The molecular weight excluding hydrogens is 460 g/mol. The van der Waals surface area contributed by atoms with Crippen LogP contribution in [-0.4, -0.2) is 57.8 Å². The maximum atomic E-state index is 13.7. The zero-order valence-corrected chi connectivity index (χ0v) is 21.3. The molecule has 0 radical (unpaired) electrons. The summed E-state index contributed by atoms with van der Waals surface area (Å²) in [6.07, 6.45) is -0.779. The van der Waals surface area contributed by atoms with Gasteiger partial charge in [-0.3, -0.25) is 9.21 Å². The van der Waals surface area contributed by atoms with Crippen molar-refractivity contribution in [2.75, 3.05) is 43.7 Å². The number of nitrogens with zero attached hydrogens (tertiary/aromatic N) is 2. The van der Waals surface area contributed by atoms with Gasteiger partial charge in [-0.25, -0.2) is 8.42 Å². The summed E-state index contributed by atoms with van der Waals surface area (Å²) in [6.45, 7) is 12.1. The number of rotatable bonds is 8. The van der Waals surface area contributed by atoms with Crippen LogP contribution in [0.4, 0.5) is 5.69 Å². The van der Waals surface area contributed by atoms with Gasteiger partial charge < -0.3 is 9.84 Å². The Morgan fingerprint density at radius 3 is 2.39 bits per heavy atom. The minimum Gasteiger partial charge on any atom is -0.387 e. The lowest BCUT2D eigenvalue weighted by Gasteiger charge is -2.55. The molecule has 6 nitrogen and oxygen atoms in total. The predicted octanol–water partition coefficient (Wildman–Crippen LogP) is 4.17. The van der Waals surface area contributed by atoms with E-state index in [-0.39, 0.29) is 21.3 Å². The van der Waals surface area contributed by atoms with E-state index in [1.54, 1.807) is 12.1 Å². The molecule has 2 heterocycles. The monoisotopic (exact) mass is 492 g/mol. The molecule has 0 saturated carbocycles. The molecule has 2 aromatic carbocycles. The highest BCUT2D eigenvalue weighted by Gasteiger charge is 2.49. The van der Waals surface area contributed by atoms with Crippen molar-refractivity contribution in [1.82, 2.24) is 4.90 Å². The van der Waals surface area contributed by atoms with Crippen LogP contribution in [0.1, 0.15) is 36.6 Å². The zero-order valence-electron chi connectivity index (χ0n) is 19.7. The van der Waals surface area contributed by atoms with Crippen molar-refractivity contribution in [3.63, 3.8) is 0 Å². The first kappa shape index (κ1) is 24.5. The van der Waals surface area contributed by atoms with Crippen LogP contribution >= 0.6 is 11.6 Å². The van der Waals surface area contributed by atoms with Crippen molar-refractivity contribution in [1.29, 1.82) is 0 Å². The molecule has 1 atom stereocenters. The quantitative estimate of drug-likeness (QED) is 0.598. The number of likely N-dealkylation sites (tertiary alicyclic amines) is 1. The topological polar surface area (TPSA) is 70.1 Å². The van der Waals surface area contributed by atoms with Gasteiger partial charge >= 0.3 is 0 Å². The zero-order chi connectivity index (χ0) is 24.0. The molecule has 2 saturated heterocycles. The van der Waals surface area contributed by atoms with E-state index in [9.17, 15) is 13.5 Å². The number of benzene rings is 2. The number of ether oxygens (including phenoxy) is 1. The van der Waals surface area contributed by atoms with Gasteiger partial charge in [0.05, 0.1) is 29.9 Å². The average Bonchev–Trinajstić information content (AvgIpc) is 2.67. The summed E-state index contributed by atoms with van der Waals surface area (Å²) in [5, 5.41) is 11.0. The first-order valence-electron chi connectivity index (χ1n) is 11.4. The predicted molar refractivity (Wildman–Crippen MR) is 131 cm³/mol. The smallest absolute Gasteiger partial charge is 0.264 e. The normalized spacial score (nSPS) is 18.8. The summed E-state index contributed by atoms with van der Waals surface area (Å²) in [5.74, 6) is 0.137. The second-order valence-corrected chi connectivity index (χ2v) is 12.4. The molecule has 180 valence electrons. The Morgan fingerprint density at radius 2 is 1.85 bits per heavy atom. The molecular formula is C25H33ClN2O4S. The first-order valence-corrected chi connectivity index (χ1v) is 13.2. The maximum Gasteiger partial charge on any atom is 0.264 e. The fourth-order valence-electron chi connectivity index (χ4n) is 4.76. The molecule has 0 aliphatic carbocycles. The Bertz CT molecular complexity index is 1120. The van der Waals surface area contributed by atoms with Crippen molar-refractivity contribution in [2.45, 2.75) is 38.7 Å². The minimum absolute atomic E-state index is 0.124. The lowest BCUT2D eigenvalue weighted by Crippen LogP contribution is -2.66. The number of hydrogen-bond donors (Lipinski definition) is 1. The number of aryl methyl sites for hydroxylation is 2. The minimum atomic E-state index is -3.83. The van der Waals surface area contributed by atoms with E-state index in [0.717, 1.165) is 37.4 Å². The Labute approximate surface area is 202 Å². The van der Waals surface area contributed by atoms with Gasteiger partial charge in [0.15, 0.2) is 0 Å². The third kappa shape index (κ3) is 4.93. The van der Waals surface area contributed by atoms with E-state index in [0.29, 0.717) is 24.3 Å². The van der Waals surface area contributed by atoms with Crippen LogP contribution < -0.4 is 4.31 Å². The molecule has 33 heavy (non-hydrogen) atoms. The number of aliphatic hydroxyl groups is 1. The third-order valence-corrected chi connectivity index (χ3v) is 8.54. The van der Waals surface area contributed by atoms with Crippen molar-refractivity contribution in [3.8, 4) is 0 Å². The van der Waals surface area contributed by atoms with E-state index >= 15 is 0 Å². The fourth-order valence-corrected chi connectivity index (χ4v) is 6.85. The lowest BCUT2D eigenvalue weighted by molar-refractivity contribution is -0.193. The van der Waals surface area contributed by atoms with E-state index in [4.69, 9.17) is 16.3 Å². The standard InChI is InChI=1S/C25H33ClN2O4S/c1-17(2)11-28(23-8-5-18(3)9-19(23)4)33(30,31)20-6-7-21(22(26)10-20)24(29)12-27-13-25(14-27)15-32-16-25/h5-10,17,24,29H,11-16H2,1-4H3. The van der Waals surface area contributed by atoms with Crippen molar-refractivity contribution in [2.24, 2.45) is 11.3 Å². The van der Waals surface area contributed by atoms with Gasteiger partial charge in [0.1, 0.15) is 0 Å². The molecule has 2 aliphatic heterocycles. The van der Waals surface area contributed by atoms with Gasteiger partial charge in [0.25, 0.3) is 10.0 Å². The molecule has 1 unspecified atom stereocenters. The van der Waals surface area contributed by atoms with Crippen molar-refractivity contribution in [3.05, 3.63) is 58.1 Å². The SMILES string of the molecule is Cc1ccc(N(CC(C)C)S(=O)(=O)c2ccc(C(O)CN3CC4(COC4)C3)c(Cl)c2)c(C)c1. The van der Waals surface area contributed by atoms with Crippen molar-refractivity contribution < 1.29 is 18.3 Å². The van der Waals surface area contributed by atoms with E-state index in [1.807, 2.05) is 45.9 Å². The Balaban J connectivity index is 1.56. The van der Waals surface area contributed by atoms with Crippen LogP contribution in [0.2, 0.25) is 5.02 Å². The summed E-state index contributed by atoms with van der Waals surface area (Å²) >= 11 is 6.50. The van der Waals surface area contributed by atoms with Gasteiger partial charge in [-0.15, -0.1) is 0 Å². The molecule has 2 aliphatic rings. The highest BCUT2D eigenvalue weighted by atomic mass is 35.5. The molecule has 8 heteroatoms. The summed E-state index contributed by atoms with van der Waals surface area (Å²) in [7, 11) is -3.83. The first-order chi connectivity index (χ1) is 15.5. The van der Waals surface area contributed by atoms with Crippen LogP contribution in [0.3, 0.4) is 0 Å². The number of anilines is 1. The number of hydrogen-bond acceptors (Lipinski definition) is 5. The number of halogens is 1. The van der Waals surface area contributed by atoms with Gasteiger partial charge in [0.2, 0.25) is 0 Å². The van der Waals surface area contributed by atoms with Crippen LogP contribution in [0, 0.1) is 25.2 Å². The lowest BCUT2D eigenvalue weighted by atomic mass is 9.78. The fraction of sp³-hybridized carbons (Fsp3) is 0.520. The third-order valence-electron chi connectivity index (χ3n) is 6.44. The van der Waals surface area contributed by atoms with Crippen LogP contribution in [-0.2, 0) is 14.8 Å². The van der Waals surface area contributed by atoms with E-state index in [2.05, 4.69) is 4.90 Å². The van der Waals surface area contributed by atoms with Gasteiger partial charge in [0, 0.05) is 42.2 Å². The van der Waals surface area contributed by atoms with Crippen LogP contribution in [0.5, 0.6) is 0 Å². The van der Waals surface area contributed by atoms with Crippen LogP contribution in [0.25, 0.3) is 0 Å². The summed E-state index contributed by atoms with van der Waals surface area (Å²) in [6, 6.07) is 10.4. The summed E-state index contributed by atoms with van der Waals surface area (Å²) in [5.41, 5.74) is 3.47.